The van der Waals surface area contributed by atoms with Gasteiger partial charge in [0.2, 0.25) is 0 Å². The highest BCUT2D eigenvalue weighted by atomic mass is 32.2. The van der Waals surface area contributed by atoms with Gasteiger partial charge in [0.1, 0.15) is 11.5 Å². The molecule has 0 bridgehead atoms. The summed E-state index contributed by atoms with van der Waals surface area (Å²) in [5, 5.41) is 11.3. The van der Waals surface area contributed by atoms with E-state index in [2.05, 4.69) is 6.92 Å². The number of methoxy groups -OCH3 is 1. The van der Waals surface area contributed by atoms with Crippen LogP contribution in [-0.2, 0) is 15.1 Å². The van der Waals surface area contributed by atoms with Gasteiger partial charge >= 0.3 is 5.97 Å². The molecule has 0 saturated heterocycles. The molecule has 5 heteroatoms. The maximum Gasteiger partial charge on any atom is 0.306 e. The highest BCUT2D eigenvalue weighted by molar-refractivity contribution is 7.99. The van der Waals surface area contributed by atoms with Gasteiger partial charge < -0.3 is 14.6 Å². The van der Waals surface area contributed by atoms with Crippen LogP contribution in [0.1, 0.15) is 44.6 Å². The molecule has 1 aliphatic carbocycles. The van der Waals surface area contributed by atoms with E-state index in [0.717, 1.165) is 54.3 Å². The van der Waals surface area contributed by atoms with Gasteiger partial charge in [-0.25, -0.2) is 0 Å². The normalized spacial score (nSPS) is 24.1. The maximum atomic E-state index is 11.3. The lowest BCUT2D eigenvalue weighted by molar-refractivity contribution is -0.140. The Hall–Kier alpha value is -1.98. The number of thioether (sulfide) groups is 1. The van der Waals surface area contributed by atoms with Crippen LogP contribution in [0.15, 0.2) is 54.6 Å². The molecule has 0 spiro atoms. The van der Waals surface area contributed by atoms with E-state index >= 15 is 0 Å². The Morgan fingerprint density at radius 2 is 1.72 bits per heavy atom. The van der Waals surface area contributed by atoms with Gasteiger partial charge in [0.05, 0.1) is 19.1 Å². The Bertz CT molecular complexity index is 798. The molecule has 1 fully saturated rings. The SMILES string of the molecule is COC(=O)CCSCC1(C)CCC(O)(c2cccc(Oc3ccccc3)c2)CC1. The summed E-state index contributed by atoms with van der Waals surface area (Å²) in [6.07, 6.45) is 3.83. The third kappa shape index (κ3) is 6.00. The van der Waals surface area contributed by atoms with E-state index in [-0.39, 0.29) is 11.4 Å². The van der Waals surface area contributed by atoms with Gasteiger partial charge in [-0.3, -0.25) is 4.79 Å². The van der Waals surface area contributed by atoms with Gasteiger partial charge in [0.15, 0.2) is 0 Å². The van der Waals surface area contributed by atoms with Crippen LogP contribution in [0.4, 0.5) is 0 Å². The molecular formula is C24H30O4S. The molecule has 0 heterocycles. The summed E-state index contributed by atoms with van der Waals surface area (Å²) in [6, 6.07) is 17.5. The first-order valence-electron chi connectivity index (χ1n) is 10.1. The lowest BCUT2D eigenvalue weighted by Crippen LogP contribution is -2.37. The number of hydrogen-bond acceptors (Lipinski definition) is 5. The topological polar surface area (TPSA) is 55.8 Å². The number of esters is 1. The fraction of sp³-hybridized carbons (Fsp3) is 0.458. The Labute approximate surface area is 177 Å². The van der Waals surface area contributed by atoms with Crippen molar-refractivity contribution in [2.45, 2.75) is 44.6 Å². The van der Waals surface area contributed by atoms with Crippen molar-refractivity contribution in [3.63, 3.8) is 0 Å². The molecule has 2 aromatic carbocycles. The van der Waals surface area contributed by atoms with Crippen molar-refractivity contribution in [1.29, 1.82) is 0 Å². The van der Waals surface area contributed by atoms with Gasteiger partial charge in [-0.05, 0) is 66.7 Å². The molecule has 156 valence electrons. The van der Waals surface area contributed by atoms with Crippen LogP contribution >= 0.6 is 11.8 Å². The van der Waals surface area contributed by atoms with Crippen LogP contribution in [-0.4, -0.2) is 29.7 Å². The van der Waals surface area contributed by atoms with Gasteiger partial charge in [0.25, 0.3) is 0 Å². The molecule has 1 saturated carbocycles. The van der Waals surface area contributed by atoms with Crippen LogP contribution in [0.5, 0.6) is 11.5 Å². The Balaban J connectivity index is 1.57. The number of rotatable bonds is 8. The average molecular weight is 415 g/mol. The molecule has 0 radical (unpaired) electrons. The van der Waals surface area contributed by atoms with Crippen molar-refractivity contribution in [3.8, 4) is 11.5 Å². The summed E-state index contributed by atoms with van der Waals surface area (Å²) in [4.78, 5) is 11.2. The highest BCUT2D eigenvalue weighted by Gasteiger charge is 2.40. The predicted molar refractivity (Wildman–Crippen MR) is 117 cm³/mol. The molecule has 1 N–H and O–H groups in total. The maximum absolute atomic E-state index is 11.3. The lowest BCUT2D eigenvalue weighted by atomic mass is 9.68. The van der Waals surface area contributed by atoms with Crippen molar-refractivity contribution >= 4 is 17.7 Å². The molecule has 4 nitrogen and oxygen atoms in total. The fourth-order valence-electron chi connectivity index (χ4n) is 3.75. The van der Waals surface area contributed by atoms with Crippen LogP contribution in [0.3, 0.4) is 0 Å². The second-order valence-corrected chi connectivity index (χ2v) is 9.27. The predicted octanol–water partition coefficient (Wildman–Crippen LogP) is 5.54. The minimum Gasteiger partial charge on any atom is -0.469 e. The van der Waals surface area contributed by atoms with Gasteiger partial charge in [-0.2, -0.15) is 11.8 Å². The van der Waals surface area contributed by atoms with Gasteiger partial charge in [-0.1, -0.05) is 37.3 Å². The standard InChI is InChI=1S/C24H30O4S/c1-23(18-29-16-11-22(25)27-2)12-14-24(26,15-13-23)19-7-6-10-21(17-19)28-20-8-4-3-5-9-20/h3-10,17,26H,11-16,18H2,1-2H3. The number of carbonyl (C=O) groups excluding carboxylic acids is 1. The zero-order chi connectivity index (χ0) is 20.7. The quantitative estimate of drug-likeness (QED) is 0.454. The van der Waals surface area contributed by atoms with E-state index in [1.54, 1.807) is 11.8 Å². The first kappa shape index (κ1) is 21.7. The number of para-hydroxylation sites is 1. The number of carbonyl (C=O) groups is 1. The fourth-order valence-corrected chi connectivity index (χ4v) is 4.99. The summed E-state index contributed by atoms with van der Waals surface area (Å²) in [5.41, 5.74) is 0.295. The summed E-state index contributed by atoms with van der Waals surface area (Å²) >= 11 is 1.80. The van der Waals surface area contributed by atoms with E-state index in [1.165, 1.54) is 7.11 Å². The Morgan fingerprint density at radius 3 is 2.41 bits per heavy atom. The Kier molecular flexibility index (Phi) is 7.25. The number of ether oxygens (including phenoxy) is 2. The lowest BCUT2D eigenvalue weighted by Gasteiger charge is -2.42. The molecule has 0 aliphatic heterocycles. The smallest absolute Gasteiger partial charge is 0.306 e. The van der Waals surface area contributed by atoms with Crippen molar-refractivity contribution in [2.24, 2.45) is 5.41 Å². The molecular weight excluding hydrogens is 384 g/mol. The average Bonchev–Trinajstić information content (AvgIpc) is 2.74. The van der Waals surface area contributed by atoms with Crippen molar-refractivity contribution in [3.05, 3.63) is 60.2 Å². The third-order valence-corrected chi connectivity index (χ3v) is 7.16. The molecule has 29 heavy (non-hydrogen) atoms. The zero-order valence-electron chi connectivity index (χ0n) is 17.2. The molecule has 2 aromatic rings. The summed E-state index contributed by atoms with van der Waals surface area (Å²) in [6.45, 7) is 2.28. The monoisotopic (exact) mass is 414 g/mol. The van der Waals surface area contributed by atoms with Crippen molar-refractivity contribution < 1.29 is 19.4 Å². The Morgan fingerprint density at radius 1 is 1.03 bits per heavy atom. The summed E-state index contributed by atoms with van der Waals surface area (Å²) < 4.78 is 10.6. The minimum absolute atomic E-state index is 0.154. The van der Waals surface area contributed by atoms with Gasteiger partial charge in [-0.15, -0.1) is 0 Å². The zero-order valence-corrected chi connectivity index (χ0v) is 18.0. The van der Waals surface area contributed by atoms with Crippen LogP contribution in [0.2, 0.25) is 0 Å². The molecule has 0 amide bonds. The van der Waals surface area contributed by atoms with Gasteiger partial charge in [0, 0.05) is 5.75 Å². The van der Waals surface area contributed by atoms with E-state index in [0.29, 0.717) is 6.42 Å². The molecule has 0 aromatic heterocycles. The minimum atomic E-state index is -0.813. The van der Waals surface area contributed by atoms with Crippen LogP contribution < -0.4 is 4.74 Å². The molecule has 1 aliphatic rings. The number of benzene rings is 2. The van der Waals surface area contributed by atoms with E-state index in [9.17, 15) is 9.90 Å². The summed E-state index contributed by atoms with van der Waals surface area (Å²) in [7, 11) is 1.43. The number of aliphatic hydroxyl groups is 1. The van der Waals surface area contributed by atoms with E-state index in [1.807, 2.05) is 54.6 Å². The first-order chi connectivity index (χ1) is 13.9. The van der Waals surface area contributed by atoms with E-state index < -0.39 is 5.60 Å². The van der Waals surface area contributed by atoms with Crippen LogP contribution in [0.25, 0.3) is 0 Å². The van der Waals surface area contributed by atoms with Crippen molar-refractivity contribution in [1.82, 2.24) is 0 Å². The molecule has 3 rings (SSSR count). The largest absolute Gasteiger partial charge is 0.469 e. The van der Waals surface area contributed by atoms with E-state index in [4.69, 9.17) is 9.47 Å². The molecule has 0 unspecified atom stereocenters. The highest BCUT2D eigenvalue weighted by Crippen LogP contribution is 2.47. The second-order valence-electron chi connectivity index (χ2n) is 8.16. The summed E-state index contributed by atoms with van der Waals surface area (Å²) in [5.74, 6) is 3.16. The van der Waals surface area contributed by atoms with Crippen molar-refractivity contribution in [2.75, 3.05) is 18.6 Å². The first-order valence-corrected chi connectivity index (χ1v) is 11.3. The molecule has 0 atom stereocenters. The second kappa shape index (κ2) is 9.68. The van der Waals surface area contributed by atoms with Crippen LogP contribution in [0, 0.1) is 5.41 Å². The third-order valence-electron chi connectivity index (χ3n) is 5.76. The number of hydrogen-bond donors (Lipinski definition) is 1.